The van der Waals surface area contributed by atoms with Gasteiger partial charge in [-0.15, -0.1) is 0 Å². The van der Waals surface area contributed by atoms with Gasteiger partial charge in [-0.3, -0.25) is 4.79 Å². The van der Waals surface area contributed by atoms with E-state index >= 15 is 0 Å². The van der Waals surface area contributed by atoms with E-state index in [1.54, 1.807) is 29.2 Å². The van der Waals surface area contributed by atoms with E-state index in [4.69, 9.17) is 11.6 Å². The molecular formula is C15H14ClN2O5S2-. The van der Waals surface area contributed by atoms with E-state index in [-0.39, 0.29) is 29.2 Å². The SMILES string of the molecule is O=C([O-])CCC(=O)N=C1S[C@@H]2CS(=O)(=O)C[C@@H]2N1c1ccccc1Cl. The number of rotatable bonds is 4. The molecule has 3 rings (SSSR count). The van der Waals surface area contributed by atoms with Crippen molar-refractivity contribution in [2.45, 2.75) is 24.1 Å². The molecule has 2 atom stereocenters. The van der Waals surface area contributed by atoms with Crippen LogP contribution in [0.4, 0.5) is 5.69 Å². The summed E-state index contributed by atoms with van der Waals surface area (Å²) in [5.41, 5.74) is 0.577. The predicted octanol–water partition coefficient (Wildman–Crippen LogP) is 0.472. The van der Waals surface area contributed by atoms with Crippen molar-refractivity contribution in [1.29, 1.82) is 0 Å². The van der Waals surface area contributed by atoms with E-state index in [2.05, 4.69) is 4.99 Å². The summed E-state index contributed by atoms with van der Waals surface area (Å²) >= 11 is 7.46. The summed E-state index contributed by atoms with van der Waals surface area (Å²) < 4.78 is 23.9. The lowest BCUT2D eigenvalue weighted by molar-refractivity contribution is -0.305. The summed E-state index contributed by atoms with van der Waals surface area (Å²) in [6.45, 7) is 0. The Bertz CT molecular complexity index is 855. The van der Waals surface area contributed by atoms with Gasteiger partial charge in [-0.25, -0.2) is 8.42 Å². The van der Waals surface area contributed by atoms with Crippen molar-refractivity contribution in [3.63, 3.8) is 0 Å². The average molecular weight is 402 g/mol. The normalized spacial score (nSPS) is 26.0. The van der Waals surface area contributed by atoms with E-state index in [0.717, 1.165) is 0 Å². The Labute approximate surface area is 154 Å². The summed E-state index contributed by atoms with van der Waals surface area (Å²) in [5.74, 6) is -1.94. The van der Waals surface area contributed by atoms with Crippen molar-refractivity contribution in [2.75, 3.05) is 16.4 Å². The number of thioether (sulfide) groups is 1. The lowest BCUT2D eigenvalue weighted by Gasteiger charge is -2.25. The summed E-state index contributed by atoms with van der Waals surface area (Å²) in [6.07, 6.45) is -0.677. The number of aliphatic carboxylic acids is 1. The van der Waals surface area contributed by atoms with Gasteiger partial charge in [0.25, 0.3) is 0 Å². The maximum atomic E-state index is 12.0. The summed E-state index contributed by atoms with van der Waals surface area (Å²) in [7, 11) is -3.16. The van der Waals surface area contributed by atoms with Crippen LogP contribution < -0.4 is 10.0 Å². The van der Waals surface area contributed by atoms with Crippen LogP contribution in [0.3, 0.4) is 0 Å². The highest BCUT2D eigenvalue weighted by atomic mass is 35.5. The minimum absolute atomic E-state index is 0.00947. The number of carboxylic acid groups (broad SMARTS) is 1. The molecule has 25 heavy (non-hydrogen) atoms. The number of fused-ring (bicyclic) bond motifs is 1. The maximum Gasteiger partial charge on any atom is 0.248 e. The minimum Gasteiger partial charge on any atom is -0.550 e. The highest BCUT2D eigenvalue weighted by Gasteiger charge is 2.49. The zero-order valence-electron chi connectivity index (χ0n) is 12.9. The van der Waals surface area contributed by atoms with Gasteiger partial charge in [0.15, 0.2) is 15.0 Å². The first-order chi connectivity index (χ1) is 11.8. The van der Waals surface area contributed by atoms with Crippen LogP contribution in [-0.2, 0) is 19.4 Å². The third-order valence-electron chi connectivity index (χ3n) is 3.94. The number of aliphatic imine (C=N–C) groups is 1. The van der Waals surface area contributed by atoms with Crippen LogP contribution in [0.2, 0.25) is 5.02 Å². The molecule has 0 bridgehead atoms. The fraction of sp³-hybridized carbons (Fsp3) is 0.400. The number of hydrogen-bond donors (Lipinski definition) is 0. The van der Waals surface area contributed by atoms with Crippen LogP contribution in [0.15, 0.2) is 29.3 Å². The van der Waals surface area contributed by atoms with Gasteiger partial charge in [-0.1, -0.05) is 35.5 Å². The fourth-order valence-corrected chi connectivity index (χ4v) is 7.02. The van der Waals surface area contributed by atoms with Crippen LogP contribution in [0, 0.1) is 0 Å². The number of carbonyl (C=O) groups is 2. The summed E-state index contributed by atoms with van der Waals surface area (Å²) in [6, 6.07) is 6.56. The summed E-state index contributed by atoms with van der Waals surface area (Å²) in [4.78, 5) is 28.1. The summed E-state index contributed by atoms with van der Waals surface area (Å²) in [5, 5.41) is 11.0. The first-order valence-corrected chi connectivity index (χ1v) is 10.6. The number of anilines is 1. The molecule has 1 aromatic rings. The molecular weight excluding hydrogens is 388 g/mol. The highest BCUT2D eigenvalue weighted by molar-refractivity contribution is 8.16. The molecule has 1 amide bonds. The molecule has 0 saturated carbocycles. The third kappa shape index (κ3) is 3.99. The van der Waals surface area contributed by atoms with E-state index in [9.17, 15) is 23.1 Å². The van der Waals surface area contributed by atoms with Crippen molar-refractivity contribution in [3.8, 4) is 0 Å². The van der Waals surface area contributed by atoms with E-state index < -0.39 is 28.1 Å². The quantitative estimate of drug-likeness (QED) is 0.721. The second-order valence-electron chi connectivity index (χ2n) is 5.78. The Hall–Kier alpha value is -1.58. The molecule has 1 aromatic carbocycles. The Kier molecular flexibility index (Phi) is 5.08. The van der Waals surface area contributed by atoms with E-state index in [1.807, 2.05) is 0 Å². The molecule has 2 saturated heterocycles. The smallest absolute Gasteiger partial charge is 0.248 e. The van der Waals surface area contributed by atoms with Crippen LogP contribution in [0.1, 0.15) is 12.8 Å². The molecule has 0 aromatic heterocycles. The number of halogens is 1. The van der Waals surface area contributed by atoms with Gasteiger partial charge in [0.2, 0.25) is 5.91 Å². The maximum absolute atomic E-state index is 12.0. The van der Waals surface area contributed by atoms with Crippen LogP contribution in [0.5, 0.6) is 0 Å². The second-order valence-corrected chi connectivity index (χ2v) is 9.55. The molecule has 0 radical (unpaired) electrons. The third-order valence-corrected chi connectivity index (χ3v) is 7.47. The van der Waals surface area contributed by atoms with E-state index in [0.29, 0.717) is 15.9 Å². The molecule has 2 heterocycles. The average Bonchev–Trinajstić information content (AvgIpc) is 2.97. The lowest BCUT2D eigenvalue weighted by Crippen LogP contribution is -2.38. The Morgan fingerprint density at radius 1 is 1.28 bits per heavy atom. The number of carboxylic acids is 1. The molecule has 0 unspecified atom stereocenters. The van der Waals surface area contributed by atoms with Gasteiger partial charge in [0.1, 0.15) is 0 Å². The predicted molar refractivity (Wildman–Crippen MR) is 94.4 cm³/mol. The van der Waals surface area contributed by atoms with Gasteiger partial charge in [0, 0.05) is 17.6 Å². The number of carbonyl (C=O) groups excluding carboxylic acids is 2. The van der Waals surface area contributed by atoms with E-state index in [1.165, 1.54) is 11.8 Å². The topological polar surface area (TPSA) is 107 Å². The number of amidine groups is 1. The fourth-order valence-electron chi connectivity index (χ4n) is 2.86. The van der Waals surface area contributed by atoms with Crippen LogP contribution in [-0.4, -0.2) is 48.3 Å². The monoisotopic (exact) mass is 401 g/mol. The molecule has 10 heteroatoms. The van der Waals surface area contributed by atoms with Crippen molar-refractivity contribution in [1.82, 2.24) is 0 Å². The first kappa shape index (κ1) is 18.2. The molecule has 134 valence electrons. The van der Waals surface area contributed by atoms with Crippen molar-refractivity contribution < 1.29 is 23.1 Å². The molecule has 2 aliphatic heterocycles. The second kappa shape index (κ2) is 6.97. The lowest BCUT2D eigenvalue weighted by atomic mass is 10.2. The largest absolute Gasteiger partial charge is 0.550 e. The number of para-hydroxylation sites is 1. The molecule has 0 spiro atoms. The molecule has 2 aliphatic rings. The number of sulfone groups is 1. The van der Waals surface area contributed by atoms with Gasteiger partial charge in [0.05, 0.1) is 28.3 Å². The standard InChI is InChI=1S/C15H15ClN2O5S2/c16-9-3-1-2-4-10(9)18-11-7-25(22,23)8-12(11)24-15(18)17-13(19)5-6-14(20)21/h1-4,11-12H,5-8H2,(H,20,21)/p-1/t11-,12+/m0/s1. The van der Waals surface area contributed by atoms with Crippen molar-refractivity contribution in [3.05, 3.63) is 29.3 Å². The molecule has 7 nitrogen and oxygen atoms in total. The number of amides is 1. The zero-order chi connectivity index (χ0) is 18.2. The molecule has 0 N–H and O–H groups in total. The first-order valence-electron chi connectivity index (χ1n) is 7.49. The molecule has 0 aliphatic carbocycles. The van der Waals surface area contributed by atoms with Gasteiger partial charge < -0.3 is 14.8 Å². The highest BCUT2D eigenvalue weighted by Crippen LogP contribution is 2.42. The van der Waals surface area contributed by atoms with Gasteiger partial charge in [-0.2, -0.15) is 4.99 Å². The number of benzene rings is 1. The van der Waals surface area contributed by atoms with Gasteiger partial charge in [-0.05, 0) is 18.6 Å². The number of hydrogen-bond acceptors (Lipinski definition) is 6. The van der Waals surface area contributed by atoms with Crippen molar-refractivity contribution >= 4 is 55.9 Å². The Balaban J connectivity index is 1.94. The van der Waals surface area contributed by atoms with Crippen LogP contribution >= 0.6 is 23.4 Å². The van der Waals surface area contributed by atoms with Crippen molar-refractivity contribution in [2.24, 2.45) is 4.99 Å². The zero-order valence-corrected chi connectivity index (χ0v) is 15.3. The molecule has 2 fully saturated rings. The van der Waals surface area contributed by atoms with Gasteiger partial charge >= 0.3 is 0 Å². The Morgan fingerprint density at radius 3 is 2.68 bits per heavy atom. The number of nitrogens with zero attached hydrogens (tertiary/aromatic N) is 2. The van der Waals surface area contributed by atoms with Crippen LogP contribution in [0.25, 0.3) is 0 Å². The minimum atomic E-state index is -3.16. The Morgan fingerprint density at radius 2 is 2.00 bits per heavy atom.